The molecule has 15 heavy (non-hydrogen) atoms. The van der Waals surface area contributed by atoms with Crippen molar-refractivity contribution in [3.05, 3.63) is 33.3 Å². The highest BCUT2D eigenvalue weighted by atomic mass is 79.9. The van der Waals surface area contributed by atoms with Gasteiger partial charge in [-0.3, -0.25) is 0 Å². The van der Waals surface area contributed by atoms with Gasteiger partial charge >= 0.3 is 0 Å². The molecule has 0 heterocycles. The Labute approximate surface area is 104 Å². The molecule has 1 rings (SSSR count). The van der Waals surface area contributed by atoms with Crippen molar-refractivity contribution in [1.82, 2.24) is 0 Å². The van der Waals surface area contributed by atoms with Crippen molar-refractivity contribution >= 4 is 27.5 Å². The van der Waals surface area contributed by atoms with Crippen LogP contribution in [0.2, 0.25) is 5.02 Å². The average Bonchev–Trinajstić information content (AvgIpc) is 2.15. The number of halogens is 2. The molecule has 0 fully saturated rings. The van der Waals surface area contributed by atoms with Crippen molar-refractivity contribution in [2.45, 2.75) is 26.0 Å². The maximum absolute atomic E-state index is 9.86. The lowest BCUT2D eigenvalue weighted by Gasteiger charge is -2.23. The van der Waals surface area contributed by atoms with E-state index in [-0.39, 0.29) is 5.92 Å². The highest BCUT2D eigenvalue weighted by Crippen LogP contribution is 2.28. The Morgan fingerprint density at radius 2 is 2.00 bits per heavy atom. The van der Waals surface area contributed by atoms with E-state index in [1.807, 2.05) is 19.9 Å². The van der Waals surface area contributed by atoms with Crippen molar-refractivity contribution in [2.24, 2.45) is 11.7 Å². The number of hydrogen-bond donors (Lipinski definition) is 2. The molecule has 0 saturated heterocycles. The second-order valence-corrected chi connectivity index (χ2v) is 5.22. The second-order valence-electron chi connectivity index (χ2n) is 3.93. The summed E-state index contributed by atoms with van der Waals surface area (Å²) in [4.78, 5) is 0. The molecule has 4 heteroatoms. The minimum Gasteiger partial charge on any atom is -0.391 e. The number of aliphatic hydroxyl groups excluding tert-OH is 1. The van der Waals surface area contributed by atoms with Crippen LogP contribution >= 0.6 is 27.5 Å². The van der Waals surface area contributed by atoms with Gasteiger partial charge in [-0.1, -0.05) is 47.4 Å². The van der Waals surface area contributed by atoms with E-state index >= 15 is 0 Å². The molecule has 2 nitrogen and oxygen atoms in total. The minimum absolute atomic E-state index is 0.127. The van der Waals surface area contributed by atoms with E-state index in [4.69, 9.17) is 17.3 Å². The van der Waals surface area contributed by atoms with Crippen LogP contribution in [0.15, 0.2) is 22.7 Å². The number of benzene rings is 1. The Hall–Kier alpha value is -0.0900. The van der Waals surface area contributed by atoms with Crippen LogP contribution in [-0.2, 0) is 0 Å². The molecule has 0 radical (unpaired) electrons. The number of hydrogen-bond acceptors (Lipinski definition) is 2. The molecule has 0 saturated carbocycles. The van der Waals surface area contributed by atoms with Crippen molar-refractivity contribution in [3.63, 3.8) is 0 Å². The van der Waals surface area contributed by atoms with Crippen LogP contribution in [0, 0.1) is 5.92 Å². The van der Waals surface area contributed by atoms with Gasteiger partial charge in [-0.25, -0.2) is 0 Å². The molecule has 0 unspecified atom stereocenters. The summed E-state index contributed by atoms with van der Waals surface area (Å²) >= 11 is 9.22. The van der Waals surface area contributed by atoms with Gasteiger partial charge in [0.15, 0.2) is 0 Å². The first-order chi connectivity index (χ1) is 6.93. The fourth-order valence-corrected chi connectivity index (χ4v) is 2.32. The van der Waals surface area contributed by atoms with Crippen molar-refractivity contribution in [1.29, 1.82) is 0 Å². The van der Waals surface area contributed by atoms with Crippen molar-refractivity contribution in [3.8, 4) is 0 Å². The smallest absolute Gasteiger partial charge is 0.0756 e. The summed E-state index contributed by atoms with van der Waals surface area (Å²) in [6, 6.07) is 5.00. The normalized spacial score (nSPS) is 15.4. The van der Waals surface area contributed by atoms with E-state index in [2.05, 4.69) is 15.9 Å². The van der Waals surface area contributed by atoms with Gasteiger partial charge in [-0.15, -0.1) is 0 Å². The number of nitrogens with two attached hydrogens (primary N) is 1. The molecule has 0 aliphatic carbocycles. The van der Waals surface area contributed by atoms with Gasteiger partial charge in [0.05, 0.1) is 12.1 Å². The zero-order chi connectivity index (χ0) is 11.6. The zero-order valence-electron chi connectivity index (χ0n) is 8.74. The largest absolute Gasteiger partial charge is 0.391 e. The van der Waals surface area contributed by atoms with E-state index < -0.39 is 12.1 Å². The Balaban J connectivity index is 2.96. The van der Waals surface area contributed by atoms with Gasteiger partial charge < -0.3 is 10.8 Å². The molecule has 0 spiro atoms. The Morgan fingerprint density at radius 1 is 1.40 bits per heavy atom. The van der Waals surface area contributed by atoms with Crippen molar-refractivity contribution in [2.75, 3.05) is 0 Å². The summed E-state index contributed by atoms with van der Waals surface area (Å²) < 4.78 is 0.835. The van der Waals surface area contributed by atoms with E-state index in [1.54, 1.807) is 12.1 Å². The maximum atomic E-state index is 9.86. The molecule has 84 valence electrons. The van der Waals surface area contributed by atoms with Gasteiger partial charge in [0.25, 0.3) is 0 Å². The summed E-state index contributed by atoms with van der Waals surface area (Å²) in [5, 5.41) is 10.5. The lowest BCUT2D eigenvalue weighted by atomic mass is 9.94. The fraction of sp³-hybridized carbons (Fsp3) is 0.455. The Kier molecular flexibility index (Phi) is 4.59. The molecule has 1 aromatic rings. The third-order valence-electron chi connectivity index (χ3n) is 2.37. The predicted octanol–water partition coefficient (Wildman–Crippen LogP) is 3.12. The first-order valence-corrected chi connectivity index (χ1v) is 5.99. The molecule has 2 atom stereocenters. The molecular formula is C11H15BrClNO. The summed E-state index contributed by atoms with van der Waals surface area (Å²) in [5.74, 6) is 0.127. The molecule has 3 N–H and O–H groups in total. The molecule has 0 bridgehead atoms. The molecule has 0 aliphatic heterocycles. The van der Waals surface area contributed by atoms with Crippen LogP contribution in [0.1, 0.15) is 25.5 Å². The first kappa shape index (κ1) is 13.0. The van der Waals surface area contributed by atoms with Crippen LogP contribution in [0.25, 0.3) is 0 Å². The lowest BCUT2D eigenvalue weighted by Crippen LogP contribution is -2.30. The maximum Gasteiger partial charge on any atom is 0.0756 e. The monoisotopic (exact) mass is 291 g/mol. The zero-order valence-corrected chi connectivity index (χ0v) is 11.1. The standard InChI is InChI=1S/C11H15BrClNO/c1-6(2)11(15)10(14)8-4-3-7(13)5-9(8)12/h3-6,10-11,15H,14H2,1-2H3/t10-,11+/m1/s1. The molecule has 1 aromatic carbocycles. The topological polar surface area (TPSA) is 46.2 Å². The van der Waals surface area contributed by atoms with Gasteiger partial charge in [0.2, 0.25) is 0 Å². The molecule has 0 amide bonds. The Morgan fingerprint density at radius 3 is 2.47 bits per heavy atom. The van der Waals surface area contributed by atoms with Crippen LogP contribution in [0.4, 0.5) is 0 Å². The van der Waals surface area contributed by atoms with Gasteiger partial charge in [-0.2, -0.15) is 0 Å². The summed E-state index contributed by atoms with van der Waals surface area (Å²) in [6.45, 7) is 3.88. The lowest BCUT2D eigenvalue weighted by molar-refractivity contribution is 0.0977. The molecular weight excluding hydrogens is 277 g/mol. The summed E-state index contributed by atoms with van der Waals surface area (Å²) in [7, 11) is 0. The first-order valence-electron chi connectivity index (χ1n) is 4.82. The molecule has 0 aliphatic rings. The van der Waals surface area contributed by atoms with E-state index in [0.29, 0.717) is 5.02 Å². The van der Waals surface area contributed by atoms with Crippen LogP contribution in [0.3, 0.4) is 0 Å². The quantitative estimate of drug-likeness (QED) is 0.899. The van der Waals surface area contributed by atoms with Crippen molar-refractivity contribution < 1.29 is 5.11 Å². The summed E-state index contributed by atoms with van der Waals surface area (Å²) in [5.41, 5.74) is 6.84. The van der Waals surface area contributed by atoms with E-state index in [0.717, 1.165) is 10.0 Å². The fourth-order valence-electron chi connectivity index (χ4n) is 1.37. The Bertz CT molecular complexity index is 343. The highest BCUT2D eigenvalue weighted by molar-refractivity contribution is 9.10. The van der Waals surface area contributed by atoms with E-state index in [9.17, 15) is 5.11 Å². The van der Waals surface area contributed by atoms with Gasteiger partial charge in [0.1, 0.15) is 0 Å². The third-order valence-corrected chi connectivity index (χ3v) is 3.29. The van der Waals surface area contributed by atoms with Crippen LogP contribution < -0.4 is 5.73 Å². The number of rotatable bonds is 3. The van der Waals surface area contributed by atoms with Crippen LogP contribution in [0.5, 0.6) is 0 Å². The van der Waals surface area contributed by atoms with E-state index in [1.165, 1.54) is 0 Å². The minimum atomic E-state index is -0.553. The van der Waals surface area contributed by atoms with Crippen LogP contribution in [-0.4, -0.2) is 11.2 Å². The average molecular weight is 293 g/mol. The van der Waals surface area contributed by atoms with Gasteiger partial charge in [-0.05, 0) is 23.6 Å². The van der Waals surface area contributed by atoms with Gasteiger partial charge in [0, 0.05) is 9.50 Å². The second kappa shape index (κ2) is 5.30. The molecule has 0 aromatic heterocycles. The predicted molar refractivity (Wildman–Crippen MR) is 66.9 cm³/mol. The SMILES string of the molecule is CC(C)[C@H](O)[C@H](N)c1ccc(Cl)cc1Br. The number of aliphatic hydroxyl groups is 1. The highest BCUT2D eigenvalue weighted by Gasteiger charge is 2.21. The third kappa shape index (κ3) is 3.18. The summed E-state index contributed by atoms with van der Waals surface area (Å²) in [6.07, 6.45) is -0.553.